The number of hydrogen-bond acceptors (Lipinski definition) is 5. The van der Waals surface area contributed by atoms with E-state index in [-0.39, 0.29) is 11.9 Å². The van der Waals surface area contributed by atoms with E-state index in [9.17, 15) is 4.79 Å². The molecule has 6 heteroatoms. The Balaban J connectivity index is 1.38. The van der Waals surface area contributed by atoms with Crippen molar-refractivity contribution in [2.75, 3.05) is 13.7 Å². The molecule has 2 heterocycles. The third-order valence-electron chi connectivity index (χ3n) is 5.13. The number of carbonyl (C=O) groups is 1. The van der Waals surface area contributed by atoms with E-state index in [0.29, 0.717) is 24.6 Å². The molecule has 1 unspecified atom stereocenters. The summed E-state index contributed by atoms with van der Waals surface area (Å²) < 4.78 is 10.5. The van der Waals surface area contributed by atoms with Gasteiger partial charge in [0, 0.05) is 24.9 Å². The number of rotatable bonds is 6. The highest BCUT2D eigenvalue weighted by atomic mass is 16.5. The second-order valence-electron chi connectivity index (χ2n) is 6.90. The first-order chi connectivity index (χ1) is 13.7. The van der Waals surface area contributed by atoms with Crippen molar-refractivity contribution in [2.45, 2.75) is 31.7 Å². The number of benzene rings is 2. The first-order valence-electron chi connectivity index (χ1n) is 9.56. The number of nitrogens with zero attached hydrogens (tertiary/aromatic N) is 3. The van der Waals surface area contributed by atoms with Crippen LogP contribution in [0.2, 0.25) is 0 Å². The summed E-state index contributed by atoms with van der Waals surface area (Å²) in [6.45, 7) is 0.786. The Labute approximate surface area is 164 Å². The first kappa shape index (κ1) is 18.2. The second-order valence-corrected chi connectivity index (χ2v) is 6.90. The molecule has 0 spiro atoms. The summed E-state index contributed by atoms with van der Waals surface area (Å²) in [5, 5.41) is 4.02. The topological polar surface area (TPSA) is 68.5 Å². The van der Waals surface area contributed by atoms with Crippen LogP contribution in [0.25, 0.3) is 11.4 Å². The summed E-state index contributed by atoms with van der Waals surface area (Å²) in [6.07, 6.45) is 2.81. The minimum absolute atomic E-state index is 0.123. The zero-order valence-corrected chi connectivity index (χ0v) is 15.9. The fourth-order valence-electron chi connectivity index (χ4n) is 3.66. The van der Waals surface area contributed by atoms with E-state index in [4.69, 9.17) is 9.26 Å². The number of aryl methyl sites for hydroxylation is 1. The molecule has 4 rings (SSSR count). The minimum Gasteiger partial charge on any atom is -0.497 e. The number of likely N-dealkylation sites (tertiary alicyclic amines) is 1. The Morgan fingerprint density at radius 1 is 1.18 bits per heavy atom. The van der Waals surface area contributed by atoms with Crippen LogP contribution in [-0.2, 0) is 11.2 Å². The zero-order chi connectivity index (χ0) is 19.3. The van der Waals surface area contributed by atoms with Gasteiger partial charge in [0.25, 0.3) is 0 Å². The Kier molecular flexibility index (Phi) is 5.37. The fourth-order valence-corrected chi connectivity index (χ4v) is 3.66. The van der Waals surface area contributed by atoms with Crippen LogP contribution in [0.4, 0.5) is 0 Å². The molecule has 0 aliphatic carbocycles. The average molecular weight is 377 g/mol. The van der Waals surface area contributed by atoms with Gasteiger partial charge in [-0.25, -0.2) is 0 Å². The maximum Gasteiger partial charge on any atom is 0.227 e. The van der Waals surface area contributed by atoms with Crippen LogP contribution in [-0.4, -0.2) is 34.6 Å². The van der Waals surface area contributed by atoms with Crippen molar-refractivity contribution in [1.82, 2.24) is 15.0 Å². The molecular formula is C22H23N3O3. The minimum atomic E-state index is 0.123. The van der Waals surface area contributed by atoms with Crippen LogP contribution < -0.4 is 4.74 Å². The lowest BCUT2D eigenvalue weighted by Gasteiger charge is -2.25. The molecule has 1 aliphatic rings. The van der Waals surface area contributed by atoms with Crippen LogP contribution in [0.1, 0.15) is 36.8 Å². The van der Waals surface area contributed by atoms with E-state index in [1.807, 2.05) is 59.5 Å². The van der Waals surface area contributed by atoms with Crippen molar-refractivity contribution < 1.29 is 14.1 Å². The normalized spacial score (nSPS) is 16.3. The van der Waals surface area contributed by atoms with Crippen LogP contribution in [0.5, 0.6) is 5.75 Å². The molecule has 1 aromatic heterocycles. The molecular weight excluding hydrogens is 354 g/mol. The third kappa shape index (κ3) is 3.91. The summed E-state index contributed by atoms with van der Waals surface area (Å²) in [5.74, 6) is 2.00. The molecule has 1 atom stereocenters. The molecule has 0 saturated carbocycles. The van der Waals surface area contributed by atoms with Crippen LogP contribution >= 0.6 is 0 Å². The molecule has 2 aromatic carbocycles. The fraction of sp³-hybridized carbons (Fsp3) is 0.318. The Bertz CT molecular complexity index is 922. The van der Waals surface area contributed by atoms with Crippen molar-refractivity contribution in [3.63, 3.8) is 0 Å². The van der Waals surface area contributed by atoms with Crippen molar-refractivity contribution in [1.29, 1.82) is 0 Å². The number of aromatic nitrogens is 2. The molecule has 144 valence electrons. The predicted molar refractivity (Wildman–Crippen MR) is 105 cm³/mol. The first-order valence-corrected chi connectivity index (χ1v) is 9.56. The number of carbonyl (C=O) groups excluding carboxylic acids is 1. The van der Waals surface area contributed by atoms with Gasteiger partial charge in [-0.1, -0.05) is 47.6 Å². The Morgan fingerprint density at radius 3 is 2.71 bits per heavy atom. The average Bonchev–Trinajstić information content (AvgIpc) is 3.43. The summed E-state index contributed by atoms with van der Waals surface area (Å²) in [7, 11) is 1.65. The lowest BCUT2D eigenvalue weighted by atomic mass is 10.0. The molecule has 1 fully saturated rings. The van der Waals surface area contributed by atoms with Crippen LogP contribution in [0.15, 0.2) is 59.1 Å². The standard InChI is InChI=1S/C22H23N3O3/c1-27-18-11-9-16(10-12-18)19-8-5-15-25(19)21(26)14-13-20-23-22(24-28-20)17-6-3-2-4-7-17/h2-4,6-7,9-12,19H,5,8,13-15H2,1H3. The molecule has 0 radical (unpaired) electrons. The van der Waals surface area contributed by atoms with Crippen LogP contribution in [0.3, 0.4) is 0 Å². The Hall–Kier alpha value is -3.15. The van der Waals surface area contributed by atoms with Crippen molar-refractivity contribution >= 4 is 5.91 Å². The summed E-state index contributed by atoms with van der Waals surface area (Å²) in [5.41, 5.74) is 2.05. The van der Waals surface area contributed by atoms with Gasteiger partial charge in [0.05, 0.1) is 13.2 Å². The van der Waals surface area contributed by atoms with Gasteiger partial charge >= 0.3 is 0 Å². The molecule has 0 bridgehead atoms. The van der Waals surface area contributed by atoms with E-state index in [2.05, 4.69) is 10.1 Å². The SMILES string of the molecule is COc1ccc(C2CCCN2C(=O)CCc2nc(-c3ccccc3)no2)cc1. The van der Waals surface area contributed by atoms with Gasteiger partial charge < -0.3 is 14.2 Å². The van der Waals surface area contributed by atoms with E-state index in [0.717, 1.165) is 36.3 Å². The van der Waals surface area contributed by atoms with Crippen molar-refractivity contribution in [3.05, 3.63) is 66.1 Å². The van der Waals surface area contributed by atoms with Crippen molar-refractivity contribution in [3.8, 4) is 17.1 Å². The molecule has 6 nitrogen and oxygen atoms in total. The Morgan fingerprint density at radius 2 is 1.96 bits per heavy atom. The van der Waals surface area contributed by atoms with E-state index >= 15 is 0 Å². The molecule has 0 N–H and O–H groups in total. The summed E-state index contributed by atoms with van der Waals surface area (Å²) in [4.78, 5) is 19.2. The largest absolute Gasteiger partial charge is 0.497 e. The van der Waals surface area contributed by atoms with Crippen molar-refractivity contribution in [2.24, 2.45) is 0 Å². The zero-order valence-electron chi connectivity index (χ0n) is 15.9. The maximum absolute atomic E-state index is 12.8. The molecule has 3 aromatic rings. The van der Waals surface area contributed by atoms with Gasteiger partial charge in [-0.15, -0.1) is 0 Å². The van der Waals surface area contributed by atoms with E-state index < -0.39 is 0 Å². The van der Waals surface area contributed by atoms with Gasteiger partial charge in [-0.2, -0.15) is 4.98 Å². The van der Waals surface area contributed by atoms with Crippen LogP contribution in [0, 0.1) is 0 Å². The van der Waals surface area contributed by atoms with Gasteiger partial charge in [-0.3, -0.25) is 4.79 Å². The predicted octanol–water partition coefficient (Wildman–Crippen LogP) is 4.04. The van der Waals surface area contributed by atoms with E-state index in [1.165, 1.54) is 0 Å². The summed E-state index contributed by atoms with van der Waals surface area (Å²) in [6, 6.07) is 17.8. The molecule has 1 saturated heterocycles. The van der Waals surface area contributed by atoms with Gasteiger partial charge in [0.2, 0.25) is 17.6 Å². The van der Waals surface area contributed by atoms with Gasteiger partial charge in [0.1, 0.15) is 5.75 Å². The third-order valence-corrected chi connectivity index (χ3v) is 5.13. The molecule has 28 heavy (non-hydrogen) atoms. The van der Waals surface area contributed by atoms with Gasteiger partial charge in [-0.05, 0) is 30.5 Å². The molecule has 1 amide bonds. The highest BCUT2D eigenvalue weighted by Gasteiger charge is 2.29. The smallest absolute Gasteiger partial charge is 0.227 e. The lowest BCUT2D eigenvalue weighted by molar-refractivity contribution is -0.132. The number of amides is 1. The lowest BCUT2D eigenvalue weighted by Crippen LogP contribution is -2.30. The number of hydrogen-bond donors (Lipinski definition) is 0. The molecule has 1 aliphatic heterocycles. The summed E-state index contributed by atoms with van der Waals surface area (Å²) >= 11 is 0. The highest BCUT2D eigenvalue weighted by Crippen LogP contribution is 2.33. The van der Waals surface area contributed by atoms with Gasteiger partial charge in [0.15, 0.2) is 0 Å². The maximum atomic E-state index is 12.8. The monoisotopic (exact) mass is 377 g/mol. The quantitative estimate of drug-likeness (QED) is 0.648. The number of ether oxygens (including phenoxy) is 1. The second kappa shape index (κ2) is 8.25. The van der Waals surface area contributed by atoms with E-state index in [1.54, 1.807) is 7.11 Å². The number of methoxy groups -OCH3 is 1. The highest BCUT2D eigenvalue weighted by molar-refractivity contribution is 5.77.